The molecule has 0 saturated carbocycles. The topological polar surface area (TPSA) is 72.5 Å². The van der Waals surface area contributed by atoms with E-state index in [-0.39, 0.29) is 24.1 Å². The Morgan fingerprint density at radius 2 is 1.90 bits per heavy atom. The van der Waals surface area contributed by atoms with E-state index in [0.717, 1.165) is 31.4 Å². The summed E-state index contributed by atoms with van der Waals surface area (Å²) in [6.45, 7) is 3.47. The lowest BCUT2D eigenvalue weighted by molar-refractivity contribution is -0.432. The summed E-state index contributed by atoms with van der Waals surface area (Å²) in [5, 5.41) is 0. The Kier molecular flexibility index (Phi) is 5.82. The molecule has 4 fully saturated rings. The summed E-state index contributed by atoms with van der Waals surface area (Å²) in [5.41, 5.74) is -0.842. The molecular weight excluding hydrogens is 388 g/mol. The predicted octanol–water partition coefficient (Wildman–Crippen LogP) is 3.46. The predicted molar refractivity (Wildman–Crippen MR) is 106 cm³/mol. The molecule has 0 aromatic carbocycles. The number of carbonyl (C=O) groups is 1. The highest BCUT2D eigenvalue weighted by Gasteiger charge is 2.74. The number of esters is 1. The van der Waals surface area contributed by atoms with E-state index in [2.05, 4.69) is 6.08 Å². The van der Waals surface area contributed by atoms with Gasteiger partial charge in [0.2, 0.25) is 0 Å². The molecule has 0 radical (unpaired) electrons. The minimum atomic E-state index is -1.21. The van der Waals surface area contributed by atoms with Crippen LogP contribution in [0.2, 0.25) is 0 Å². The van der Waals surface area contributed by atoms with E-state index in [1.165, 1.54) is 25.7 Å². The van der Waals surface area contributed by atoms with Crippen molar-refractivity contribution in [3.8, 4) is 0 Å². The molecule has 0 amide bonds. The van der Waals surface area contributed by atoms with Crippen LogP contribution in [0.5, 0.6) is 0 Å². The van der Waals surface area contributed by atoms with Gasteiger partial charge in [-0.25, -0.2) is 0 Å². The van der Waals surface area contributed by atoms with Crippen LogP contribution in [0.3, 0.4) is 0 Å². The normalized spacial score (nSPS) is 45.4. The molecule has 2 unspecified atom stereocenters. The fraction of sp³-hybridized carbons (Fsp3) is 0.870. The molecule has 4 heterocycles. The van der Waals surface area contributed by atoms with Gasteiger partial charge in [0.25, 0.3) is 0 Å². The summed E-state index contributed by atoms with van der Waals surface area (Å²) < 4.78 is 36.5. The van der Waals surface area contributed by atoms with Crippen molar-refractivity contribution in [3.63, 3.8) is 0 Å². The van der Waals surface area contributed by atoms with Gasteiger partial charge in [0.1, 0.15) is 17.3 Å². The van der Waals surface area contributed by atoms with Crippen molar-refractivity contribution in [2.75, 3.05) is 26.4 Å². The van der Waals surface area contributed by atoms with Crippen molar-refractivity contribution in [1.82, 2.24) is 0 Å². The fourth-order valence-corrected chi connectivity index (χ4v) is 6.05. The van der Waals surface area contributed by atoms with Crippen molar-refractivity contribution in [1.29, 1.82) is 0 Å². The summed E-state index contributed by atoms with van der Waals surface area (Å²) in [6.07, 6.45) is 10.8. The van der Waals surface area contributed by atoms with Gasteiger partial charge in [-0.05, 0) is 32.3 Å². The van der Waals surface area contributed by atoms with Gasteiger partial charge in [0.05, 0.1) is 38.4 Å². The van der Waals surface area contributed by atoms with E-state index in [9.17, 15) is 4.79 Å². The van der Waals surface area contributed by atoms with Gasteiger partial charge in [-0.15, -0.1) is 0 Å². The van der Waals surface area contributed by atoms with E-state index in [1.54, 1.807) is 0 Å². The quantitative estimate of drug-likeness (QED) is 0.631. The third kappa shape index (κ3) is 3.20. The van der Waals surface area contributed by atoms with Crippen molar-refractivity contribution in [3.05, 3.63) is 11.8 Å². The van der Waals surface area contributed by atoms with Crippen LogP contribution in [0, 0.1) is 11.3 Å². The van der Waals surface area contributed by atoms with Gasteiger partial charge < -0.3 is 28.4 Å². The maximum absolute atomic E-state index is 13.6. The van der Waals surface area contributed by atoms with Crippen LogP contribution in [-0.4, -0.2) is 56.7 Å². The van der Waals surface area contributed by atoms with Gasteiger partial charge in [0.15, 0.2) is 6.10 Å². The first kappa shape index (κ1) is 20.7. The summed E-state index contributed by atoms with van der Waals surface area (Å²) >= 11 is 0. The molecule has 7 heteroatoms. The van der Waals surface area contributed by atoms with Crippen molar-refractivity contribution in [2.24, 2.45) is 11.3 Å². The number of hydrogen-bond acceptors (Lipinski definition) is 7. The molecule has 1 spiro atoms. The Balaban J connectivity index is 1.55. The second kappa shape index (κ2) is 8.41. The highest BCUT2D eigenvalue weighted by atomic mass is 16.9. The lowest BCUT2D eigenvalue weighted by Gasteiger charge is -2.47. The Labute approximate surface area is 178 Å². The van der Waals surface area contributed by atoms with Crippen molar-refractivity contribution in [2.45, 2.75) is 89.0 Å². The third-order valence-corrected chi connectivity index (χ3v) is 7.37. The van der Waals surface area contributed by atoms with Crippen molar-refractivity contribution >= 4 is 5.97 Å². The van der Waals surface area contributed by atoms with Gasteiger partial charge in [-0.3, -0.25) is 4.79 Å². The highest BCUT2D eigenvalue weighted by Crippen LogP contribution is 2.60. The molecule has 6 atom stereocenters. The number of allylic oxidation sites excluding steroid dienone is 1. The average molecular weight is 423 g/mol. The number of hydrogen-bond donors (Lipinski definition) is 0. The average Bonchev–Trinajstić information content (AvgIpc) is 3.26. The number of carbonyl (C=O) groups excluding carboxylic acids is 1. The van der Waals surface area contributed by atoms with Crippen LogP contribution in [0.1, 0.15) is 64.7 Å². The van der Waals surface area contributed by atoms with E-state index < -0.39 is 17.5 Å². The minimum Gasteiger partial charge on any atom is -0.490 e. The van der Waals surface area contributed by atoms with Gasteiger partial charge >= 0.3 is 11.9 Å². The maximum atomic E-state index is 13.6. The first-order valence-electron chi connectivity index (χ1n) is 11.8. The van der Waals surface area contributed by atoms with E-state index in [1.807, 2.05) is 6.92 Å². The molecule has 0 aromatic rings. The van der Waals surface area contributed by atoms with E-state index in [4.69, 9.17) is 28.4 Å². The van der Waals surface area contributed by atoms with Crippen molar-refractivity contribution < 1.29 is 33.2 Å². The van der Waals surface area contributed by atoms with E-state index >= 15 is 0 Å². The van der Waals surface area contributed by atoms with Crippen LogP contribution in [0.4, 0.5) is 0 Å². The lowest BCUT2D eigenvalue weighted by Crippen LogP contribution is -2.64. The smallest absolute Gasteiger partial charge is 0.320 e. The molecule has 2 bridgehead atoms. The van der Waals surface area contributed by atoms with Crippen LogP contribution in [0.15, 0.2) is 11.8 Å². The molecule has 0 N–H and O–H groups in total. The molecule has 4 aliphatic heterocycles. The van der Waals surface area contributed by atoms with Crippen LogP contribution in [-0.2, 0) is 33.2 Å². The summed E-state index contributed by atoms with van der Waals surface area (Å²) in [7, 11) is 0. The van der Waals surface area contributed by atoms with Crippen LogP contribution >= 0.6 is 0 Å². The fourth-order valence-electron chi connectivity index (χ4n) is 6.05. The summed E-state index contributed by atoms with van der Waals surface area (Å²) in [5.74, 6) is -0.839. The zero-order chi connectivity index (χ0) is 20.6. The minimum absolute atomic E-state index is 0.194. The largest absolute Gasteiger partial charge is 0.490 e. The molecule has 30 heavy (non-hydrogen) atoms. The molecule has 4 saturated heterocycles. The highest BCUT2D eigenvalue weighted by molar-refractivity contribution is 5.81. The Morgan fingerprint density at radius 1 is 1.10 bits per heavy atom. The van der Waals surface area contributed by atoms with Crippen LogP contribution in [0.25, 0.3) is 0 Å². The number of rotatable bonds is 2. The Bertz CT molecular complexity index is 678. The lowest BCUT2D eigenvalue weighted by atomic mass is 9.66. The molecule has 168 valence electrons. The molecule has 5 rings (SSSR count). The SMILES string of the molecule is CCOC(=O)C12CCCCCCCCC/C=C\1O[C@H]1C3OCCO[C@@]34OC[C@@H](O4)[C@H]12. The van der Waals surface area contributed by atoms with Gasteiger partial charge in [-0.2, -0.15) is 0 Å². The van der Waals surface area contributed by atoms with E-state index in [0.29, 0.717) is 32.8 Å². The first-order chi connectivity index (χ1) is 14.7. The van der Waals surface area contributed by atoms with Crippen LogP contribution < -0.4 is 0 Å². The first-order valence-corrected chi connectivity index (χ1v) is 11.8. The zero-order valence-corrected chi connectivity index (χ0v) is 17.9. The number of ether oxygens (including phenoxy) is 6. The molecule has 1 aliphatic carbocycles. The standard InChI is InChI=1S/C23H34O7/c1-2-25-21(24)22-12-10-8-6-4-3-5-7-9-11-17(22)29-19-18(22)16-15-28-23(30-16)20(19)26-13-14-27-23/h11,16,18-20H,2-10,12-15H2,1H3/b17-11+/t16-,18-,19-,20?,22?,23-/m1/s1. The monoisotopic (exact) mass is 422 g/mol. The maximum Gasteiger partial charge on any atom is 0.320 e. The molecule has 0 aromatic heterocycles. The van der Waals surface area contributed by atoms with Gasteiger partial charge in [0, 0.05) is 0 Å². The second-order valence-electron chi connectivity index (χ2n) is 9.09. The number of fused-ring (bicyclic) bond motifs is 6. The molecule has 7 nitrogen and oxygen atoms in total. The summed E-state index contributed by atoms with van der Waals surface area (Å²) in [4.78, 5) is 13.6. The molecule has 5 aliphatic rings. The Morgan fingerprint density at radius 3 is 2.73 bits per heavy atom. The molecular formula is C23H34O7. The second-order valence-corrected chi connectivity index (χ2v) is 9.09. The third-order valence-electron chi connectivity index (χ3n) is 7.37. The Hall–Kier alpha value is -1.15. The van der Waals surface area contributed by atoms with Gasteiger partial charge in [-0.1, -0.05) is 38.5 Å². The zero-order valence-electron chi connectivity index (χ0n) is 17.9. The summed E-state index contributed by atoms with van der Waals surface area (Å²) in [6, 6.07) is 0.